The van der Waals surface area contributed by atoms with Crippen LogP contribution in [-0.4, -0.2) is 18.5 Å². The molecule has 1 aliphatic heterocycles. The predicted octanol–water partition coefficient (Wildman–Crippen LogP) is 1.92. The molecule has 0 aliphatic carbocycles. The Balaban J connectivity index is 1.85. The van der Waals surface area contributed by atoms with Crippen molar-refractivity contribution in [2.24, 2.45) is 0 Å². The Bertz CT molecular complexity index is 123. The summed E-state index contributed by atoms with van der Waals surface area (Å²) in [5.74, 6) is 0. The van der Waals surface area contributed by atoms with Crippen LogP contribution in [0.4, 0.5) is 0 Å². The Morgan fingerprint density at radius 3 is 2.73 bits per heavy atom. The lowest BCUT2D eigenvalue weighted by Crippen LogP contribution is -1.94. The second kappa shape index (κ2) is 4.50. The lowest BCUT2D eigenvalue weighted by atomic mass is 10.1. The molecule has 2 nitrogen and oxygen atoms in total. The molecule has 11 heavy (non-hydrogen) atoms. The molecule has 1 fully saturated rings. The third-order valence-corrected chi connectivity index (χ3v) is 2.10. The summed E-state index contributed by atoms with van der Waals surface area (Å²) in [4.78, 5) is 10.1. The molecule has 0 spiro atoms. The molecule has 0 amide bonds. The van der Waals surface area contributed by atoms with Gasteiger partial charge >= 0.3 is 0 Å². The minimum Gasteiger partial charge on any atom is -0.362 e. The Labute approximate surface area is 67.9 Å². The molecule has 0 N–H and O–H groups in total. The molecule has 0 aromatic carbocycles. The van der Waals surface area contributed by atoms with Crippen molar-refractivity contribution in [3.63, 3.8) is 0 Å². The number of unbranched alkanes of at least 4 members (excludes halogenated alkanes) is 3. The fourth-order valence-corrected chi connectivity index (χ4v) is 1.28. The molecule has 1 heterocycles. The normalized spacial score (nSPS) is 28.5. The quantitative estimate of drug-likeness (QED) is 0.334. The Kier molecular flexibility index (Phi) is 3.57. The first kappa shape index (κ1) is 8.72. The van der Waals surface area contributed by atoms with E-state index in [1.807, 2.05) is 0 Å². The lowest BCUT2D eigenvalue weighted by molar-refractivity contribution is -0.108. The van der Waals surface area contributed by atoms with Gasteiger partial charge in [0.05, 0.1) is 6.10 Å². The summed E-state index contributed by atoms with van der Waals surface area (Å²) in [7, 11) is 0. The molecule has 1 rings (SSSR count). The van der Waals surface area contributed by atoms with Gasteiger partial charge in [0.1, 0.15) is 6.10 Å². The number of aldehydes is 1. The van der Waals surface area contributed by atoms with Crippen molar-refractivity contribution in [1.82, 2.24) is 0 Å². The molecule has 0 unspecified atom stereocenters. The van der Waals surface area contributed by atoms with Gasteiger partial charge in [0.25, 0.3) is 0 Å². The monoisotopic (exact) mass is 156 g/mol. The molecule has 1 aliphatic rings. The van der Waals surface area contributed by atoms with E-state index in [-0.39, 0.29) is 12.2 Å². The molecule has 2 heteroatoms. The van der Waals surface area contributed by atoms with Crippen LogP contribution in [0.3, 0.4) is 0 Å². The molecular weight excluding hydrogens is 140 g/mol. The molecule has 0 saturated carbocycles. The number of carbonyl (C=O) groups is 1. The average molecular weight is 156 g/mol. The number of hydrogen-bond acceptors (Lipinski definition) is 2. The summed E-state index contributed by atoms with van der Waals surface area (Å²) in [6, 6.07) is 0. The van der Waals surface area contributed by atoms with Crippen LogP contribution in [0.1, 0.15) is 39.0 Å². The third kappa shape index (κ3) is 3.02. The molecule has 0 aromatic rings. The van der Waals surface area contributed by atoms with Gasteiger partial charge in [0.2, 0.25) is 0 Å². The van der Waals surface area contributed by atoms with Crippen molar-refractivity contribution >= 4 is 6.29 Å². The highest BCUT2D eigenvalue weighted by atomic mass is 16.6. The van der Waals surface area contributed by atoms with Crippen LogP contribution in [0, 0.1) is 0 Å². The van der Waals surface area contributed by atoms with E-state index in [0.29, 0.717) is 0 Å². The summed E-state index contributed by atoms with van der Waals surface area (Å²) in [6.45, 7) is 2.20. The fourth-order valence-electron chi connectivity index (χ4n) is 1.28. The lowest BCUT2D eigenvalue weighted by Gasteiger charge is -1.94. The minimum absolute atomic E-state index is 0.0587. The molecule has 0 radical (unpaired) electrons. The Morgan fingerprint density at radius 1 is 1.36 bits per heavy atom. The van der Waals surface area contributed by atoms with Crippen molar-refractivity contribution in [2.45, 2.75) is 51.2 Å². The van der Waals surface area contributed by atoms with Crippen LogP contribution >= 0.6 is 0 Å². The highest BCUT2D eigenvalue weighted by Crippen LogP contribution is 2.25. The maximum atomic E-state index is 10.1. The number of epoxide rings is 1. The van der Waals surface area contributed by atoms with Gasteiger partial charge < -0.3 is 9.53 Å². The van der Waals surface area contributed by atoms with Crippen molar-refractivity contribution in [3.8, 4) is 0 Å². The van der Waals surface area contributed by atoms with E-state index in [4.69, 9.17) is 4.74 Å². The second-order valence-electron chi connectivity index (χ2n) is 3.12. The van der Waals surface area contributed by atoms with E-state index in [1.54, 1.807) is 0 Å². The Morgan fingerprint density at radius 2 is 2.18 bits per heavy atom. The molecule has 64 valence electrons. The van der Waals surface area contributed by atoms with Crippen molar-refractivity contribution in [2.75, 3.05) is 0 Å². The zero-order valence-electron chi connectivity index (χ0n) is 7.08. The van der Waals surface area contributed by atoms with Gasteiger partial charge in [0.15, 0.2) is 6.29 Å². The van der Waals surface area contributed by atoms with Gasteiger partial charge in [-0.3, -0.25) is 0 Å². The summed E-state index contributed by atoms with van der Waals surface area (Å²) in [5, 5.41) is 0. The van der Waals surface area contributed by atoms with Crippen LogP contribution in [0.5, 0.6) is 0 Å². The Hall–Kier alpha value is -0.370. The number of carbonyl (C=O) groups excluding carboxylic acids is 1. The first-order valence-electron chi connectivity index (χ1n) is 4.49. The van der Waals surface area contributed by atoms with Crippen LogP contribution in [-0.2, 0) is 9.53 Å². The van der Waals surface area contributed by atoms with Crippen LogP contribution < -0.4 is 0 Å². The van der Waals surface area contributed by atoms with Gasteiger partial charge in [-0.15, -0.1) is 0 Å². The van der Waals surface area contributed by atoms with Crippen LogP contribution in [0.15, 0.2) is 0 Å². The molecular formula is C9H16O2. The van der Waals surface area contributed by atoms with E-state index in [9.17, 15) is 4.79 Å². The van der Waals surface area contributed by atoms with E-state index >= 15 is 0 Å². The second-order valence-corrected chi connectivity index (χ2v) is 3.12. The number of rotatable bonds is 6. The highest BCUT2D eigenvalue weighted by Gasteiger charge is 2.37. The largest absolute Gasteiger partial charge is 0.362 e. The van der Waals surface area contributed by atoms with Crippen molar-refractivity contribution < 1.29 is 9.53 Å². The zero-order valence-corrected chi connectivity index (χ0v) is 7.08. The van der Waals surface area contributed by atoms with Crippen LogP contribution in [0.25, 0.3) is 0 Å². The summed E-state index contributed by atoms with van der Waals surface area (Å²) < 4.78 is 5.08. The van der Waals surface area contributed by atoms with Crippen molar-refractivity contribution in [1.29, 1.82) is 0 Å². The summed E-state index contributed by atoms with van der Waals surface area (Å²) in [5.41, 5.74) is 0. The number of ether oxygens (including phenoxy) is 1. The topological polar surface area (TPSA) is 29.6 Å². The summed E-state index contributed by atoms with van der Waals surface area (Å²) in [6.07, 6.45) is 7.25. The molecule has 0 bridgehead atoms. The van der Waals surface area contributed by atoms with E-state index in [2.05, 4.69) is 6.92 Å². The minimum atomic E-state index is -0.0587. The standard InChI is InChI=1S/C9H16O2/c1-2-3-4-5-6-8-9(7-10)11-8/h7-9H,2-6H2,1H3/t8-,9-/m1/s1. The van der Waals surface area contributed by atoms with Gasteiger partial charge in [-0.2, -0.15) is 0 Å². The molecule has 1 saturated heterocycles. The molecule has 2 atom stereocenters. The fraction of sp³-hybridized carbons (Fsp3) is 0.889. The average Bonchev–Trinajstić information content (AvgIpc) is 2.77. The zero-order chi connectivity index (χ0) is 8.10. The van der Waals surface area contributed by atoms with Gasteiger partial charge in [-0.05, 0) is 6.42 Å². The predicted molar refractivity (Wildman–Crippen MR) is 43.5 cm³/mol. The number of hydrogen-bond donors (Lipinski definition) is 0. The maximum absolute atomic E-state index is 10.1. The SMILES string of the molecule is CCCCCC[C@H]1O[C@@H]1C=O. The smallest absolute Gasteiger partial charge is 0.151 e. The first-order chi connectivity index (χ1) is 5.38. The van der Waals surface area contributed by atoms with Crippen LogP contribution in [0.2, 0.25) is 0 Å². The van der Waals surface area contributed by atoms with Gasteiger partial charge in [-0.25, -0.2) is 0 Å². The third-order valence-electron chi connectivity index (χ3n) is 2.10. The van der Waals surface area contributed by atoms with E-state index in [1.165, 1.54) is 25.7 Å². The highest BCUT2D eigenvalue weighted by molar-refractivity contribution is 5.60. The first-order valence-corrected chi connectivity index (χ1v) is 4.49. The molecule has 0 aromatic heterocycles. The van der Waals surface area contributed by atoms with E-state index in [0.717, 1.165) is 12.7 Å². The maximum Gasteiger partial charge on any atom is 0.151 e. The van der Waals surface area contributed by atoms with Gasteiger partial charge in [0, 0.05) is 0 Å². The van der Waals surface area contributed by atoms with E-state index < -0.39 is 0 Å². The van der Waals surface area contributed by atoms with Gasteiger partial charge in [-0.1, -0.05) is 32.6 Å². The van der Waals surface area contributed by atoms with Crippen molar-refractivity contribution in [3.05, 3.63) is 0 Å². The summed E-state index contributed by atoms with van der Waals surface area (Å²) >= 11 is 0.